The molecule has 4 atom stereocenters. The summed E-state index contributed by atoms with van der Waals surface area (Å²) in [6.07, 6.45) is 0.302. The number of piperidine rings is 1. The van der Waals surface area contributed by atoms with Gasteiger partial charge in [-0.1, -0.05) is 59.7 Å². The van der Waals surface area contributed by atoms with Crippen molar-refractivity contribution in [2.24, 2.45) is 0 Å². The largest absolute Gasteiger partial charge is 0.411 e. The minimum absolute atomic E-state index is 0.151. The first-order chi connectivity index (χ1) is 14.0. The fourth-order valence-corrected chi connectivity index (χ4v) is 13.9. The van der Waals surface area contributed by atoms with E-state index in [0.29, 0.717) is 27.9 Å². The van der Waals surface area contributed by atoms with Crippen LogP contribution in [0.4, 0.5) is 0 Å². The van der Waals surface area contributed by atoms with E-state index in [4.69, 9.17) is 4.43 Å². The van der Waals surface area contributed by atoms with E-state index >= 15 is 0 Å². The van der Waals surface area contributed by atoms with E-state index in [2.05, 4.69) is 46.4 Å². The molecule has 2 aliphatic heterocycles. The van der Waals surface area contributed by atoms with Gasteiger partial charge in [-0.2, -0.15) is 0 Å². The van der Waals surface area contributed by atoms with E-state index in [1.54, 1.807) is 24.3 Å². The lowest BCUT2D eigenvalue weighted by molar-refractivity contribution is 0.0292. The van der Waals surface area contributed by atoms with Crippen LogP contribution in [0.2, 0.25) is 16.6 Å². The van der Waals surface area contributed by atoms with Crippen molar-refractivity contribution in [2.75, 3.05) is 13.1 Å². The van der Waals surface area contributed by atoms with E-state index in [9.17, 15) is 13.5 Å². The molecule has 0 radical (unpaired) electrons. The molecule has 2 saturated heterocycles. The van der Waals surface area contributed by atoms with Gasteiger partial charge in [0, 0.05) is 13.1 Å². The van der Waals surface area contributed by atoms with Gasteiger partial charge in [0.05, 0.1) is 23.1 Å². The Morgan fingerprint density at radius 1 is 0.967 bits per heavy atom. The first kappa shape index (κ1) is 23.9. The Morgan fingerprint density at radius 2 is 1.50 bits per heavy atom. The Hall–Kier alpha value is -0.733. The highest BCUT2D eigenvalue weighted by molar-refractivity contribution is 7.92. The summed E-state index contributed by atoms with van der Waals surface area (Å²) in [4.78, 5) is 2.55. The summed E-state index contributed by atoms with van der Waals surface area (Å²) in [5.41, 5.74) is 1.30. The summed E-state index contributed by atoms with van der Waals surface area (Å²) in [5.74, 6) is 0. The van der Waals surface area contributed by atoms with Gasteiger partial charge in [-0.15, -0.1) is 0 Å². The van der Waals surface area contributed by atoms with Gasteiger partial charge in [0.2, 0.25) is 8.32 Å². The molecule has 2 aliphatic rings. The van der Waals surface area contributed by atoms with Crippen LogP contribution in [0.3, 0.4) is 0 Å². The summed E-state index contributed by atoms with van der Waals surface area (Å²) in [6.45, 7) is 15.1. The molecule has 2 fully saturated rings. The van der Waals surface area contributed by atoms with Gasteiger partial charge in [0.1, 0.15) is 5.25 Å². The average Bonchev–Trinajstić information content (AvgIpc) is 3.08. The lowest BCUT2D eigenvalue weighted by atomic mass is 9.97. The first-order valence-electron chi connectivity index (χ1n) is 11.4. The summed E-state index contributed by atoms with van der Waals surface area (Å²) in [7, 11) is -5.83. The Kier molecular flexibility index (Phi) is 7.19. The predicted molar refractivity (Wildman–Crippen MR) is 124 cm³/mol. The zero-order chi connectivity index (χ0) is 22.3. The quantitative estimate of drug-likeness (QED) is 0.626. The van der Waals surface area contributed by atoms with Crippen molar-refractivity contribution < 1.29 is 18.0 Å². The van der Waals surface area contributed by atoms with Gasteiger partial charge in [0.25, 0.3) is 0 Å². The van der Waals surface area contributed by atoms with Crippen LogP contribution in [0.25, 0.3) is 0 Å². The van der Waals surface area contributed by atoms with E-state index in [0.717, 1.165) is 19.5 Å². The topological polar surface area (TPSA) is 66.8 Å². The average molecular weight is 454 g/mol. The summed E-state index contributed by atoms with van der Waals surface area (Å²) >= 11 is 0. The number of aliphatic hydroxyl groups is 1. The Balaban J connectivity index is 2.01. The van der Waals surface area contributed by atoms with Crippen LogP contribution >= 0.6 is 0 Å². The maximum atomic E-state index is 13.6. The van der Waals surface area contributed by atoms with E-state index < -0.39 is 29.5 Å². The van der Waals surface area contributed by atoms with Gasteiger partial charge in [-0.25, -0.2) is 8.42 Å². The number of rotatable bonds is 7. The van der Waals surface area contributed by atoms with Crippen molar-refractivity contribution in [3.05, 3.63) is 30.3 Å². The molecule has 0 aliphatic carbocycles. The molecule has 2 heterocycles. The molecular formula is C23H39NO4SSi. The summed E-state index contributed by atoms with van der Waals surface area (Å²) < 4.78 is 34.3. The van der Waals surface area contributed by atoms with Crippen LogP contribution in [-0.2, 0) is 14.3 Å². The fourth-order valence-electron chi connectivity index (χ4n) is 6.17. The molecule has 1 aromatic carbocycles. The SMILES string of the molecule is CC(C)[Si](O[C@@H]1CCN2CC[C@H](O)[C@H](S(=O)(=O)c3ccccc3)[C@@H]12)(C(C)C)C(C)C. The van der Waals surface area contributed by atoms with Crippen molar-refractivity contribution in [2.45, 2.75) is 99.4 Å². The number of hydrogen-bond donors (Lipinski definition) is 1. The number of fused-ring (bicyclic) bond motifs is 1. The number of sulfone groups is 1. The number of benzene rings is 1. The minimum Gasteiger partial charge on any atom is -0.411 e. The van der Waals surface area contributed by atoms with Gasteiger partial charge in [0.15, 0.2) is 9.84 Å². The van der Waals surface area contributed by atoms with E-state index in [1.807, 2.05) is 6.07 Å². The highest BCUT2D eigenvalue weighted by Gasteiger charge is 2.55. The smallest absolute Gasteiger partial charge is 0.200 e. The zero-order valence-corrected chi connectivity index (χ0v) is 21.1. The molecule has 7 heteroatoms. The van der Waals surface area contributed by atoms with Crippen LogP contribution in [0, 0.1) is 0 Å². The van der Waals surface area contributed by atoms with E-state index in [1.165, 1.54) is 0 Å². The molecule has 170 valence electrons. The normalized spacial score (nSPS) is 28.5. The predicted octanol–water partition coefficient (Wildman–Crippen LogP) is 4.23. The molecule has 0 bridgehead atoms. The molecule has 3 rings (SSSR count). The van der Waals surface area contributed by atoms with Gasteiger partial charge in [-0.3, -0.25) is 4.90 Å². The van der Waals surface area contributed by atoms with Crippen LogP contribution in [0.15, 0.2) is 35.2 Å². The van der Waals surface area contributed by atoms with E-state index in [-0.39, 0.29) is 12.1 Å². The Morgan fingerprint density at radius 3 is 2.03 bits per heavy atom. The third-order valence-corrected chi connectivity index (χ3v) is 15.8. The van der Waals surface area contributed by atoms with Crippen LogP contribution in [0.1, 0.15) is 54.4 Å². The number of hydrogen-bond acceptors (Lipinski definition) is 5. The summed E-state index contributed by atoms with van der Waals surface area (Å²) in [5, 5.41) is 10.1. The van der Waals surface area contributed by atoms with Crippen molar-refractivity contribution in [3.63, 3.8) is 0 Å². The van der Waals surface area contributed by atoms with Crippen LogP contribution < -0.4 is 0 Å². The Labute approximate surface area is 183 Å². The number of nitrogens with zero attached hydrogens (tertiary/aromatic N) is 1. The van der Waals surface area contributed by atoms with Gasteiger partial charge >= 0.3 is 0 Å². The molecular weight excluding hydrogens is 414 g/mol. The second kappa shape index (κ2) is 9.02. The molecule has 1 aromatic rings. The highest BCUT2D eigenvalue weighted by Crippen LogP contribution is 2.46. The molecule has 5 nitrogen and oxygen atoms in total. The van der Waals surface area contributed by atoms with Gasteiger partial charge < -0.3 is 9.53 Å². The van der Waals surface area contributed by atoms with Crippen molar-refractivity contribution in [1.82, 2.24) is 4.90 Å². The molecule has 1 N–H and O–H groups in total. The highest BCUT2D eigenvalue weighted by atomic mass is 32.2. The molecule has 0 saturated carbocycles. The van der Waals surface area contributed by atoms with Crippen LogP contribution in [-0.4, -0.2) is 63.3 Å². The monoisotopic (exact) mass is 453 g/mol. The lowest BCUT2D eigenvalue weighted by Gasteiger charge is -2.47. The summed E-state index contributed by atoms with van der Waals surface area (Å²) in [6, 6.07) is 8.30. The molecule has 30 heavy (non-hydrogen) atoms. The zero-order valence-electron chi connectivity index (χ0n) is 19.3. The first-order valence-corrected chi connectivity index (χ1v) is 15.1. The molecule has 0 aromatic heterocycles. The minimum atomic E-state index is -3.67. The maximum Gasteiger partial charge on any atom is 0.200 e. The van der Waals surface area contributed by atoms with Gasteiger partial charge in [-0.05, 0) is 41.6 Å². The second-order valence-electron chi connectivity index (χ2n) is 9.97. The Bertz CT molecular complexity index is 790. The molecule has 0 amide bonds. The second-order valence-corrected chi connectivity index (χ2v) is 17.5. The van der Waals surface area contributed by atoms with Crippen LogP contribution in [0.5, 0.6) is 0 Å². The maximum absolute atomic E-state index is 13.6. The van der Waals surface area contributed by atoms with Crippen molar-refractivity contribution >= 4 is 18.2 Å². The molecule has 0 unspecified atom stereocenters. The lowest BCUT2D eigenvalue weighted by Crippen LogP contribution is -2.61. The standard InChI is InChI=1S/C23H39NO4SSi/c1-16(2)30(17(3)4,18(5)6)28-21-13-15-24-14-12-20(25)23(22(21)24)29(26,27)19-10-8-7-9-11-19/h7-11,16-18,20-23,25H,12-15H2,1-6H3/t20-,21+,22+,23-/m0/s1. The fraction of sp³-hybridized carbons (Fsp3) is 0.739. The third kappa shape index (κ3) is 4.04. The molecule has 0 spiro atoms. The van der Waals surface area contributed by atoms with Crippen molar-refractivity contribution in [3.8, 4) is 0 Å². The van der Waals surface area contributed by atoms with Crippen molar-refractivity contribution in [1.29, 1.82) is 0 Å². The number of aliphatic hydroxyl groups excluding tert-OH is 1. The third-order valence-electron chi connectivity index (χ3n) is 7.42.